The molecule has 2 rings (SSSR count). The van der Waals surface area contributed by atoms with Gasteiger partial charge in [0, 0.05) is 17.5 Å². The lowest BCUT2D eigenvalue weighted by Crippen LogP contribution is -2.03. The smallest absolute Gasteiger partial charge is 0.161 e. The molecule has 3 nitrogen and oxygen atoms in total. The van der Waals surface area contributed by atoms with E-state index in [-0.39, 0.29) is 12.2 Å². The van der Waals surface area contributed by atoms with Gasteiger partial charge in [-0.15, -0.1) is 5.10 Å². The molecule has 2 aromatic rings. The first-order valence-electron chi connectivity index (χ1n) is 4.31. The van der Waals surface area contributed by atoms with Crippen LogP contribution >= 0.6 is 11.5 Å². The lowest BCUT2D eigenvalue weighted by molar-refractivity contribution is 0.496. The number of rotatable bonds is 3. The van der Waals surface area contributed by atoms with E-state index >= 15 is 0 Å². The zero-order valence-corrected chi connectivity index (χ0v) is 8.69. The number of hydrogen-bond acceptors (Lipinski definition) is 4. The number of halogens is 3. The Balaban J connectivity index is 2.12. The summed E-state index contributed by atoms with van der Waals surface area (Å²) in [4.78, 5) is 0. The van der Waals surface area contributed by atoms with Crippen molar-refractivity contribution in [3.63, 3.8) is 0 Å². The van der Waals surface area contributed by atoms with Gasteiger partial charge in [-0.2, -0.15) is 0 Å². The first-order valence-corrected chi connectivity index (χ1v) is 5.15. The van der Waals surface area contributed by atoms with Crippen molar-refractivity contribution in [2.45, 2.75) is 6.54 Å². The first-order chi connectivity index (χ1) is 7.66. The highest BCUT2D eigenvalue weighted by molar-refractivity contribution is 7.03. The fraction of sp³-hybridized carbons (Fsp3) is 0.111. The van der Waals surface area contributed by atoms with Crippen LogP contribution in [0.1, 0.15) is 5.69 Å². The van der Waals surface area contributed by atoms with Crippen molar-refractivity contribution in [2.75, 3.05) is 5.32 Å². The van der Waals surface area contributed by atoms with E-state index in [1.54, 1.807) is 5.38 Å². The van der Waals surface area contributed by atoms with Crippen LogP contribution in [0.25, 0.3) is 0 Å². The van der Waals surface area contributed by atoms with Crippen molar-refractivity contribution < 1.29 is 13.2 Å². The van der Waals surface area contributed by atoms with Gasteiger partial charge < -0.3 is 5.32 Å². The monoisotopic (exact) mass is 245 g/mol. The van der Waals surface area contributed by atoms with Gasteiger partial charge in [-0.25, -0.2) is 13.2 Å². The highest BCUT2D eigenvalue weighted by Crippen LogP contribution is 2.18. The minimum atomic E-state index is -1.21. The number of benzene rings is 1. The molecule has 0 aliphatic carbocycles. The number of hydrogen-bond donors (Lipinski definition) is 1. The van der Waals surface area contributed by atoms with E-state index in [0.717, 1.165) is 17.6 Å². The number of aromatic nitrogens is 2. The van der Waals surface area contributed by atoms with Crippen LogP contribution < -0.4 is 5.32 Å². The molecule has 0 atom stereocenters. The van der Waals surface area contributed by atoms with E-state index < -0.39 is 17.5 Å². The van der Waals surface area contributed by atoms with Crippen LogP contribution in [0, 0.1) is 17.5 Å². The molecule has 1 aromatic carbocycles. The average Bonchev–Trinajstić information content (AvgIpc) is 2.74. The van der Waals surface area contributed by atoms with Crippen molar-refractivity contribution in [3.05, 3.63) is 40.7 Å². The minimum absolute atomic E-state index is 0.105. The number of anilines is 1. The number of nitrogens with zero attached hydrogens (tertiary/aromatic N) is 2. The molecular weight excluding hydrogens is 239 g/mol. The number of nitrogens with one attached hydrogen (secondary N) is 1. The van der Waals surface area contributed by atoms with Crippen molar-refractivity contribution >= 4 is 17.2 Å². The molecule has 0 fully saturated rings. The van der Waals surface area contributed by atoms with Crippen molar-refractivity contribution in [1.29, 1.82) is 0 Å². The zero-order chi connectivity index (χ0) is 11.5. The molecule has 7 heteroatoms. The Morgan fingerprint density at radius 3 is 2.56 bits per heavy atom. The van der Waals surface area contributed by atoms with Crippen molar-refractivity contribution in [2.24, 2.45) is 0 Å². The van der Waals surface area contributed by atoms with Crippen molar-refractivity contribution in [3.8, 4) is 0 Å². The zero-order valence-electron chi connectivity index (χ0n) is 7.88. The second kappa shape index (κ2) is 4.48. The third-order valence-electron chi connectivity index (χ3n) is 1.88. The largest absolute Gasteiger partial charge is 0.377 e. The SMILES string of the molecule is Fc1cc(F)c(NCc2csnn2)cc1F. The highest BCUT2D eigenvalue weighted by Gasteiger charge is 2.09. The molecule has 0 aliphatic rings. The molecular formula is C9H6F3N3S. The van der Waals surface area contributed by atoms with Gasteiger partial charge in [0.05, 0.1) is 17.9 Å². The van der Waals surface area contributed by atoms with E-state index in [1.807, 2.05) is 0 Å². The van der Waals surface area contributed by atoms with E-state index in [1.165, 1.54) is 0 Å². The van der Waals surface area contributed by atoms with E-state index in [9.17, 15) is 13.2 Å². The normalized spacial score (nSPS) is 10.4. The lowest BCUT2D eigenvalue weighted by atomic mass is 10.2. The van der Waals surface area contributed by atoms with Crippen LogP contribution in [0.5, 0.6) is 0 Å². The van der Waals surface area contributed by atoms with Crippen LogP contribution in [0.4, 0.5) is 18.9 Å². The molecule has 0 saturated carbocycles. The van der Waals surface area contributed by atoms with Gasteiger partial charge >= 0.3 is 0 Å². The molecule has 0 bridgehead atoms. The maximum Gasteiger partial charge on any atom is 0.161 e. The van der Waals surface area contributed by atoms with Gasteiger partial charge in [-0.3, -0.25) is 0 Å². The molecule has 16 heavy (non-hydrogen) atoms. The third-order valence-corrected chi connectivity index (χ3v) is 2.43. The molecule has 1 heterocycles. The lowest BCUT2D eigenvalue weighted by Gasteiger charge is -2.05. The Morgan fingerprint density at radius 1 is 1.12 bits per heavy atom. The summed E-state index contributed by atoms with van der Waals surface area (Å²) in [6.45, 7) is 0.207. The first kappa shape index (κ1) is 10.9. The van der Waals surface area contributed by atoms with E-state index in [0.29, 0.717) is 11.8 Å². The summed E-state index contributed by atoms with van der Waals surface area (Å²) in [7, 11) is 0. The molecule has 0 unspecified atom stereocenters. The predicted molar refractivity (Wildman–Crippen MR) is 53.6 cm³/mol. The molecule has 0 aliphatic heterocycles. The maximum absolute atomic E-state index is 13.2. The summed E-state index contributed by atoms with van der Waals surface area (Å²) in [5.41, 5.74) is 0.501. The van der Waals surface area contributed by atoms with Crippen LogP contribution in [0.2, 0.25) is 0 Å². The Bertz CT molecular complexity index is 487. The fourth-order valence-corrected chi connectivity index (χ4v) is 1.56. The average molecular weight is 245 g/mol. The van der Waals surface area contributed by atoms with Gasteiger partial charge in [0.15, 0.2) is 11.6 Å². The van der Waals surface area contributed by atoms with Gasteiger partial charge in [-0.05, 0) is 11.5 Å². The molecule has 0 radical (unpaired) electrons. The Hall–Kier alpha value is -1.63. The molecule has 1 aromatic heterocycles. The molecule has 0 saturated heterocycles. The predicted octanol–water partition coefficient (Wildman–Crippen LogP) is 2.57. The van der Waals surface area contributed by atoms with Gasteiger partial charge in [0.2, 0.25) is 0 Å². The summed E-state index contributed by atoms with van der Waals surface area (Å²) in [6.07, 6.45) is 0. The summed E-state index contributed by atoms with van der Waals surface area (Å²) < 4.78 is 42.2. The summed E-state index contributed by atoms with van der Waals surface area (Å²) in [5, 5.41) is 7.99. The standard InChI is InChI=1S/C9H6F3N3S/c10-6-1-8(12)9(2-7(6)11)13-3-5-4-16-15-14-5/h1-2,4,13H,3H2. The fourth-order valence-electron chi connectivity index (χ4n) is 1.10. The second-order valence-corrected chi connectivity index (χ2v) is 3.61. The third kappa shape index (κ3) is 2.30. The van der Waals surface area contributed by atoms with Crippen LogP contribution in [0.15, 0.2) is 17.5 Å². The Morgan fingerprint density at radius 2 is 1.88 bits per heavy atom. The van der Waals surface area contributed by atoms with Gasteiger partial charge in [0.1, 0.15) is 5.82 Å². The summed E-state index contributed by atoms with van der Waals surface area (Å²) >= 11 is 1.16. The Labute approximate surface area is 93.1 Å². The summed E-state index contributed by atoms with van der Waals surface area (Å²) in [5.74, 6) is -3.15. The minimum Gasteiger partial charge on any atom is -0.377 e. The maximum atomic E-state index is 13.2. The van der Waals surface area contributed by atoms with Crippen LogP contribution in [-0.2, 0) is 6.54 Å². The Kier molecular flexibility index (Phi) is 3.04. The highest BCUT2D eigenvalue weighted by atomic mass is 32.1. The second-order valence-electron chi connectivity index (χ2n) is 3.00. The summed E-state index contributed by atoms with van der Waals surface area (Å²) in [6, 6.07) is 1.27. The molecule has 84 valence electrons. The molecule has 1 N–H and O–H groups in total. The van der Waals surface area contributed by atoms with Crippen LogP contribution in [0.3, 0.4) is 0 Å². The van der Waals surface area contributed by atoms with Gasteiger partial charge in [0.25, 0.3) is 0 Å². The van der Waals surface area contributed by atoms with Crippen LogP contribution in [-0.4, -0.2) is 9.59 Å². The van der Waals surface area contributed by atoms with Crippen molar-refractivity contribution in [1.82, 2.24) is 9.59 Å². The van der Waals surface area contributed by atoms with Gasteiger partial charge in [-0.1, -0.05) is 4.49 Å². The molecule has 0 spiro atoms. The molecule has 0 amide bonds. The topological polar surface area (TPSA) is 37.8 Å². The van der Waals surface area contributed by atoms with E-state index in [2.05, 4.69) is 14.9 Å². The quantitative estimate of drug-likeness (QED) is 0.844. The van der Waals surface area contributed by atoms with E-state index in [4.69, 9.17) is 0 Å².